The van der Waals surface area contributed by atoms with Crippen LogP contribution in [0.15, 0.2) is 24.3 Å². The Hall–Kier alpha value is -2.58. The predicted molar refractivity (Wildman–Crippen MR) is 66.3 cm³/mol. The Morgan fingerprint density at radius 1 is 1.14 bits per heavy atom. The number of amides is 1. The first kappa shape index (κ1) is 14.8. The summed E-state index contributed by atoms with van der Waals surface area (Å²) in [6.07, 6.45) is -4.76. The molecule has 0 aliphatic carbocycles. The monoisotopic (exact) mass is 300 g/mol. The number of aromatic nitrogens is 3. The summed E-state index contributed by atoms with van der Waals surface area (Å²) in [5.41, 5.74) is 2.71. The van der Waals surface area contributed by atoms with Crippen LogP contribution in [0.25, 0.3) is 0 Å². The smallest absolute Gasteiger partial charge is 0.406 e. The molecule has 1 aromatic carbocycles. The van der Waals surface area contributed by atoms with Crippen molar-refractivity contribution < 1.29 is 22.7 Å². The third-order valence-corrected chi connectivity index (χ3v) is 2.55. The molecule has 1 aromatic heterocycles. The largest absolute Gasteiger partial charge is 0.573 e. The molecule has 0 saturated heterocycles. The van der Waals surface area contributed by atoms with E-state index < -0.39 is 18.0 Å². The summed E-state index contributed by atoms with van der Waals surface area (Å²) in [6, 6.07) is 4.58. The number of alkyl halides is 3. The predicted octanol–water partition coefficient (Wildman–Crippen LogP) is 2.18. The van der Waals surface area contributed by atoms with Crippen LogP contribution in [0, 0.1) is 13.8 Å². The first-order chi connectivity index (χ1) is 9.76. The van der Waals surface area contributed by atoms with Crippen LogP contribution in [0.2, 0.25) is 0 Å². The standard InChI is InChI=1S/C12H11F3N4O2/c1-7-16-17-8(2)19(7)18-11(20)9-3-5-10(6-4-9)21-12(13,14)15/h3-6H,1-2H3,(H,18,20). The van der Waals surface area contributed by atoms with Crippen molar-refractivity contribution in [3.05, 3.63) is 41.5 Å². The van der Waals surface area contributed by atoms with E-state index in [0.29, 0.717) is 11.6 Å². The van der Waals surface area contributed by atoms with Crippen LogP contribution in [-0.2, 0) is 0 Å². The number of nitrogens with one attached hydrogen (secondary N) is 1. The molecular formula is C12H11F3N4O2. The molecule has 2 aromatic rings. The van der Waals surface area contributed by atoms with Crippen molar-refractivity contribution in [2.75, 3.05) is 5.43 Å². The second-order valence-corrected chi connectivity index (χ2v) is 4.14. The highest BCUT2D eigenvalue weighted by molar-refractivity contribution is 6.00. The molecule has 0 bridgehead atoms. The number of carbonyl (C=O) groups is 1. The number of hydrogen-bond donors (Lipinski definition) is 1. The maximum Gasteiger partial charge on any atom is 0.573 e. The van der Waals surface area contributed by atoms with Gasteiger partial charge >= 0.3 is 6.36 Å². The molecular weight excluding hydrogens is 289 g/mol. The average molecular weight is 300 g/mol. The van der Waals surface area contributed by atoms with Crippen molar-refractivity contribution in [1.82, 2.24) is 14.9 Å². The van der Waals surface area contributed by atoms with E-state index in [-0.39, 0.29) is 5.56 Å². The summed E-state index contributed by atoms with van der Waals surface area (Å²) in [7, 11) is 0. The second kappa shape index (κ2) is 5.43. The van der Waals surface area contributed by atoms with Crippen molar-refractivity contribution in [1.29, 1.82) is 0 Å². The molecule has 1 heterocycles. The quantitative estimate of drug-likeness (QED) is 0.943. The zero-order chi connectivity index (χ0) is 15.6. The van der Waals surface area contributed by atoms with Crippen LogP contribution in [0.4, 0.5) is 13.2 Å². The molecule has 6 nitrogen and oxygen atoms in total. The minimum absolute atomic E-state index is 0.178. The molecule has 0 radical (unpaired) electrons. The Morgan fingerprint density at radius 2 is 1.67 bits per heavy atom. The summed E-state index contributed by atoms with van der Waals surface area (Å²) in [5, 5.41) is 7.54. The maximum absolute atomic E-state index is 12.0. The Balaban J connectivity index is 2.10. The number of halogens is 3. The van der Waals surface area contributed by atoms with E-state index in [0.717, 1.165) is 12.1 Å². The van der Waals surface area contributed by atoms with Crippen LogP contribution in [0.1, 0.15) is 22.0 Å². The van der Waals surface area contributed by atoms with Crippen molar-refractivity contribution in [3.63, 3.8) is 0 Å². The van der Waals surface area contributed by atoms with Crippen LogP contribution >= 0.6 is 0 Å². The molecule has 0 atom stereocenters. The summed E-state index contributed by atoms with van der Waals surface area (Å²) in [5.74, 6) is 0.0750. The van der Waals surface area contributed by atoms with Gasteiger partial charge in [0.15, 0.2) is 0 Å². The molecule has 0 unspecified atom stereocenters. The van der Waals surface area contributed by atoms with Gasteiger partial charge in [-0.25, -0.2) is 4.68 Å². The van der Waals surface area contributed by atoms with Crippen LogP contribution in [-0.4, -0.2) is 27.1 Å². The highest BCUT2D eigenvalue weighted by atomic mass is 19.4. The number of hydrogen-bond acceptors (Lipinski definition) is 4. The number of ether oxygens (including phenoxy) is 1. The zero-order valence-corrected chi connectivity index (χ0v) is 11.1. The van der Waals surface area contributed by atoms with Gasteiger partial charge in [0.1, 0.15) is 17.4 Å². The summed E-state index contributed by atoms with van der Waals surface area (Å²) in [4.78, 5) is 12.0. The second-order valence-electron chi connectivity index (χ2n) is 4.14. The van der Waals surface area contributed by atoms with Gasteiger partial charge in [0.05, 0.1) is 0 Å². The van der Waals surface area contributed by atoms with Gasteiger partial charge in [-0.05, 0) is 38.1 Å². The topological polar surface area (TPSA) is 69.0 Å². The lowest BCUT2D eigenvalue weighted by molar-refractivity contribution is -0.274. The molecule has 1 amide bonds. The minimum Gasteiger partial charge on any atom is -0.406 e. The highest BCUT2D eigenvalue weighted by Gasteiger charge is 2.31. The van der Waals surface area contributed by atoms with Gasteiger partial charge in [-0.15, -0.1) is 23.4 Å². The van der Waals surface area contributed by atoms with Gasteiger partial charge in [0, 0.05) is 5.56 Å². The van der Waals surface area contributed by atoms with Crippen molar-refractivity contribution in [3.8, 4) is 5.75 Å². The number of carbonyl (C=O) groups excluding carboxylic acids is 1. The van der Waals surface area contributed by atoms with Crippen molar-refractivity contribution in [2.24, 2.45) is 0 Å². The van der Waals surface area contributed by atoms with Gasteiger partial charge in [-0.1, -0.05) is 0 Å². The van der Waals surface area contributed by atoms with E-state index in [4.69, 9.17) is 0 Å². The fourth-order valence-corrected chi connectivity index (χ4v) is 1.60. The third-order valence-electron chi connectivity index (χ3n) is 2.55. The minimum atomic E-state index is -4.76. The Labute approximate surface area is 117 Å². The highest BCUT2D eigenvalue weighted by Crippen LogP contribution is 2.22. The van der Waals surface area contributed by atoms with Gasteiger partial charge in [0.25, 0.3) is 5.91 Å². The first-order valence-corrected chi connectivity index (χ1v) is 5.82. The van der Waals surface area contributed by atoms with E-state index in [1.807, 2.05) is 0 Å². The molecule has 0 aliphatic rings. The first-order valence-electron chi connectivity index (χ1n) is 5.82. The lowest BCUT2D eigenvalue weighted by atomic mass is 10.2. The number of rotatable bonds is 3. The molecule has 21 heavy (non-hydrogen) atoms. The van der Waals surface area contributed by atoms with Crippen LogP contribution < -0.4 is 10.2 Å². The SMILES string of the molecule is Cc1nnc(C)n1NC(=O)c1ccc(OC(F)(F)F)cc1. The molecule has 0 spiro atoms. The van der Waals surface area contributed by atoms with Crippen molar-refractivity contribution >= 4 is 5.91 Å². The normalized spacial score (nSPS) is 11.3. The molecule has 0 saturated carbocycles. The van der Waals surface area contributed by atoms with Crippen LogP contribution in [0.5, 0.6) is 5.75 Å². The molecule has 2 rings (SSSR count). The van der Waals surface area contributed by atoms with Gasteiger partial charge < -0.3 is 4.74 Å². The van der Waals surface area contributed by atoms with Gasteiger partial charge in [-0.3, -0.25) is 10.2 Å². The zero-order valence-electron chi connectivity index (χ0n) is 11.1. The Bertz CT molecular complexity index is 630. The van der Waals surface area contributed by atoms with Gasteiger partial charge in [0.2, 0.25) is 0 Å². The third kappa shape index (κ3) is 3.71. The van der Waals surface area contributed by atoms with Crippen molar-refractivity contribution in [2.45, 2.75) is 20.2 Å². The number of benzene rings is 1. The van der Waals surface area contributed by atoms with E-state index in [1.165, 1.54) is 16.8 Å². The summed E-state index contributed by atoms with van der Waals surface area (Å²) < 4.78 is 41.2. The molecule has 9 heteroatoms. The van der Waals surface area contributed by atoms with E-state index in [9.17, 15) is 18.0 Å². The Morgan fingerprint density at radius 3 is 2.14 bits per heavy atom. The Kier molecular flexibility index (Phi) is 3.83. The number of aryl methyl sites for hydroxylation is 2. The summed E-state index contributed by atoms with van der Waals surface area (Å²) >= 11 is 0. The number of nitrogens with zero attached hydrogens (tertiary/aromatic N) is 3. The lowest BCUT2D eigenvalue weighted by Crippen LogP contribution is -2.25. The molecule has 0 fully saturated rings. The summed E-state index contributed by atoms with van der Waals surface area (Å²) in [6.45, 7) is 3.31. The molecule has 112 valence electrons. The van der Waals surface area contributed by atoms with E-state index in [2.05, 4.69) is 20.4 Å². The molecule has 1 N–H and O–H groups in total. The van der Waals surface area contributed by atoms with E-state index in [1.54, 1.807) is 13.8 Å². The van der Waals surface area contributed by atoms with Gasteiger partial charge in [-0.2, -0.15) is 0 Å². The van der Waals surface area contributed by atoms with E-state index >= 15 is 0 Å². The average Bonchev–Trinajstić information content (AvgIpc) is 2.69. The van der Waals surface area contributed by atoms with Crippen LogP contribution in [0.3, 0.4) is 0 Å². The molecule has 0 aliphatic heterocycles. The fourth-order valence-electron chi connectivity index (χ4n) is 1.60. The maximum atomic E-state index is 12.0. The lowest BCUT2D eigenvalue weighted by Gasteiger charge is -2.10. The fraction of sp³-hybridized carbons (Fsp3) is 0.250.